The van der Waals surface area contributed by atoms with Crippen molar-refractivity contribution in [2.24, 2.45) is 11.7 Å². The predicted molar refractivity (Wildman–Crippen MR) is 54.2 cm³/mol. The number of rotatable bonds is 5. The maximum atomic E-state index is 5.46. The molecule has 0 saturated heterocycles. The van der Waals surface area contributed by atoms with Crippen LogP contribution < -0.4 is 5.73 Å². The van der Waals surface area contributed by atoms with E-state index in [2.05, 4.69) is 0 Å². The molecule has 2 N–H and O–H groups in total. The molecular weight excluding hydrogens is 170 g/mol. The molecule has 70 valence electrons. The van der Waals surface area contributed by atoms with Crippen LogP contribution in [0.1, 0.15) is 32.1 Å². The van der Waals surface area contributed by atoms with Crippen LogP contribution in [0.15, 0.2) is 0 Å². The fourth-order valence-electron chi connectivity index (χ4n) is 1.60. The van der Waals surface area contributed by atoms with E-state index in [1.807, 2.05) is 0 Å². The van der Waals surface area contributed by atoms with Crippen LogP contribution in [0, 0.1) is 5.92 Å². The second-order valence-corrected chi connectivity index (χ2v) is 3.97. The molecule has 0 unspecified atom stereocenters. The minimum atomic E-state index is 0.557. The van der Waals surface area contributed by atoms with Gasteiger partial charge in [0.2, 0.25) is 0 Å². The minimum Gasteiger partial charge on any atom is -0.393 e. The Morgan fingerprint density at radius 2 is 2.08 bits per heavy atom. The van der Waals surface area contributed by atoms with Gasteiger partial charge >= 0.3 is 0 Å². The quantitative estimate of drug-likeness (QED) is 0.527. The Morgan fingerprint density at radius 3 is 2.67 bits per heavy atom. The summed E-state index contributed by atoms with van der Waals surface area (Å²) in [7, 11) is 0. The summed E-state index contributed by atoms with van der Waals surface area (Å²) in [6.45, 7) is 1.61. The van der Waals surface area contributed by atoms with Crippen molar-refractivity contribution in [2.45, 2.75) is 32.1 Å². The van der Waals surface area contributed by atoms with Gasteiger partial charge in [0.15, 0.2) is 0 Å². The van der Waals surface area contributed by atoms with Gasteiger partial charge in [-0.05, 0) is 18.8 Å². The van der Waals surface area contributed by atoms with Gasteiger partial charge in [0.05, 0.1) is 11.6 Å². The molecule has 0 spiro atoms. The fourth-order valence-corrected chi connectivity index (χ4v) is 1.68. The van der Waals surface area contributed by atoms with Crippen LogP contribution in [0.25, 0.3) is 0 Å². The first kappa shape index (κ1) is 9.93. The number of thiocarbonyl (C=S) groups is 1. The van der Waals surface area contributed by atoms with Gasteiger partial charge in [-0.3, -0.25) is 0 Å². The van der Waals surface area contributed by atoms with Crippen molar-refractivity contribution >= 4 is 17.2 Å². The highest BCUT2D eigenvalue weighted by atomic mass is 32.1. The Hall–Kier alpha value is -0.150. The number of nitrogens with two attached hydrogens (primary N) is 1. The molecule has 1 aliphatic carbocycles. The maximum Gasteiger partial charge on any atom is 0.0750 e. The molecule has 0 aromatic carbocycles. The summed E-state index contributed by atoms with van der Waals surface area (Å²) < 4.78 is 5.46. The monoisotopic (exact) mass is 187 g/mol. The zero-order valence-corrected chi connectivity index (χ0v) is 8.24. The van der Waals surface area contributed by atoms with Gasteiger partial charge in [0.1, 0.15) is 0 Å². The Bertz CT molecular complexity index is 143. The van der Waals surface area contributed by atoms with Crippen molar-refractivity contribution in [1.29, 1.82) is 0 Å². The summed E-state index contributed by atoms with van der Waals surface area (Å²) in [6, 6.07) is 0. The van der Waals surface area contributed by atoms with E-state index in [0.29, 0.717) is 11.6 Å². The smallest absolute Gasteiger partial charge is 0.0750 e. The average Bonchev–Trinajstić information content (AvgIpc) is 2.49. The second kappa shape index (κ2) is 5.49. The van der Waals surface area contributed by atoms with E-state index in [4.69, 9.17) is 22.7 Å². The summed E-state index contributed by atoms with van der Waals surface area (Å²) in [6.07, 6.45) is 6.16. The molecule has 0 aliphatic heterocycles. The van der Waals surface area contributed by atoms with Gasteiger partial charge in [-0.15, -0.1) is 0 Å². The molecule has 2 nitrogen and oxygen atoms in total. The lowest BCUT2D eigenvalue weighted by molar-refractivity contribution is 0.107. The lowest BCUT2D eigenvalue weighted by Gasteiger charge is -2.08. The predicted octanol–water partition coefficient (Wildman–Crippen LogP) is 1.87. The molecule has 1 fully saturated rings. The van der Waals surface area contributed by atoms with E-state index in [-0.39, 0.29) is 0 Å². The lowest BCUT2D eigenvalue weighted by Crippen LogP contribution is -2.13. The van der Waals surface area contributed by atoms with Gasteiger partial charge < -0.3 is 10.5 Å². The highest BCUT2D eigenvalue weighted by molar-refractivity contribution is 7.80. The van der Waals surface area contributed by atoms with E-state index in [1.54, 1.807) is 0 Å². The highest BCUT2D eigenvalue weighted by Crippen LogP contribution is 2.24. The third-order valence-corrected chi connectivity index (χ3v) is 2.53. The van der Waals surface area contributed by atoms with Crippen molar-refractivity contribution in [2.75, 3.05) is 13.2 Å². The van der Waals surface area contributed by atoms with Crippen molar-refractivity contribution in [3.8, 4) is 0 Å². The molecule has 0 heterocycles. The van der Waals surface area contributed by atoms with E-state index >= 15 is 0 Å². The van der Waals surface area contributed by atoms with Gasteiger partial charge in [0, 0.05) is 13.0 Å². The number of ether oxygens (including phenoxy) is 1. The minimum absolute atomic E-state index is 0.557. The zero-order valence-electron chi connectivity index (χ0n) is 7.42. The molecule has 0 aromatic heterocycles. The molecule has 12 heavy (non-hydrogen) atoms. The third-order valence-electron chi connectivity index (χ3n) is 2.32. The maximum absolute atomic E-state index is 5.46. The van der Waals surface area contributed by atoms with Crippen LogP contribution in [0.4, 0.5) is 0 Å². The molecule has 0 atom stereocenters. The number of hydrogen-bond donors (Lipinski definition) is 1. The molecule has 0 amide bonds. The SMILES string of the molecule is NC(=S)CCOCC1CCCC1. The average molecular weight is 187 g/mol. The fraction of sp³-hybridized carbons (Fsp3) is 0.889. The van der Waals surface area contributed by atoms with Crippen LogP contribution in [-0.4, -0.2) is 18.2 Å². The van der Waals surface area contributed by atoms with Crippen LogP contribution in [0.3, 0.4) is 0 Å². The Balaban J connectivity index is 1.91. The largest absolute Gasteiger partial charge is 0.393 e. The van der Waals surface area contributed by atoms with Crippen LogP contribution in [-0.2, 0) is 4.74 Å². The van der Waals surface area contributed by atoms with Gasteiger partial charge in [-0.2, -0.15) is 0 Å². The van der Waals surface area contributed by atoms with E-state index in [0.717, 1.165) is 18.9 Å². The van der Waals surface area contributed by atoms with E-state index in [9.17, 15) is 0 Å². The second-order valence-electron chi connectivity index (χ2n) is 3.44. The molecule has 0 aromatic rings. The lowest BCUT2D eigenvalue weighted by atomic mass is 10.1. The molecule has 1 rings (SSSR count). The first-order valence-corrected chi connectivity index (χ1v) is 5.06. The van der Waals surface area contributed by atoms with Crippen molar-refractivity contribution in [3.05, 3.63) is 0 Å². The Morgan fingerprint density at radius 1 is 1.42 bits per heavy atom. The van der Waals surface area contributed by atoms with Crippen LogP contribution >= 0.6 is 12.2 Å². The molecule has 1 saturated carbocycles. The normalized spacial score (nSPS) is 18.3. The number of hydrogen-bond acceptors (Lipinski definition) is 2. The van der Waals surface area contributed by atoms with Gasteiger partial charge in [-0.25, -0.2) is 0 Å². The van der Waals surface area contributed by atoms with Crippen LogP contribution in [0.2, 0.25) is 0 Å². The first-order chi connectivity index (χ1) is 5.79. The topological polar surface area (TPSA) is 35.2 Å². The standard InChI is InChI=1S/C9H17NOS/c10-9(12)5-6-11-7-8-3-1-2-4-8/h8H,1-7H2,(H2,10,12). The summed E-state index contributed by atoms with van der Waals surface area (Å²) in [5.41, 5.74) is 5.34. The molecular formula is C9H17NOS. The first-order valence-electron chi connectivity index (χ1n) is 4.65. The molecule has 0 radical (unpaired) electrons. The summed E-state index contributed by atoms with van der Waals surface area (Å²) in [5.74, 6) is 0.802. The Labute approximate surface area is 79.5 Å². The van der Waals surface area contributed by atoms with Crippen LogP contribution in [0.5, 0.6) is 0 Å². The molecule has 3 heteroatoms. The van der Waals surface area contributed by atoms with Crippen molar-refractivity contribution < 1.29 is 4.74 Å². The Kier molecular flexibility index (Phi) is 4.54. The van der Waals surface area contributed by atoms with E-state index < -0.39 is 0 Å². The highest BCUT2D eigenvalue weighted by Gasteiger charge is 2.14. The summed E-state index contributed by atoms with van der Waals surface area (Å²) >= 11 is 4.74. The third kappa shape index (κ3) is 4.02. The molecule has 1 aliphatic rings. The van der Waals surface area contributed by atoms with Gasteiger partial charge in [-0.1, -0.05) is 25.1 Å². The van der Waals surface area contributed by atoms with Gasteiger partial charge in [0.25, 0.3) is 0 Å². The summed E-state index contributed by atoms with van der Waals surface area (Å²) in [4.78, 5) is 0.557. The molecule has 0 bridgehead atoms. The zero-order chi connectivity index (χ0) is 8.81. The summed E-state index contributed by atoms with van der Waals surface area (Å²) in [5, 5.41) is 0. The van der Waals surface area contributed by atoms with Crippen molar-refractivity contribution in [3.63, 3.8) is 0 Å². The van der Waals surface area contributed by atoms with Crippen molar-refractivity contribution in [1.82, 2.24) is 0 Å². The van der Waals surface area contributed by atoms with E-state index in [1.165, 1.54) is 25.7 Å².